The van der Waals surface area contributed by atoms with Gasteiger partial charge in [0.1, 0.15) is 0 Å². The van der Waals surface area contributed by atoms with Gasteiger partial charge in [-0.25, -0.2) is 0 Å². The molecular formula is C11H20O. The molecule has 0 saturated heterocycles. The van der Waals surface area contributed by atoms with Crippen LogP contribution in [0.5, 0.6) is 0 Å². The molecule has 1 heteroatoms. The maximum absolute atomic E-state index is 9.88. The van der Waals surface area contributed by atoms with Gasteiger partial charge >= 0.3 is 0 Å². The van der Waals surface area contributed by atoms with E-state index in [1.54, 1.807) is 0 Å². The van der Waals surface area contributed by atoms with Crippen molar-refractivity contribution in [2.24, 2.45) is 5.92 Å². The van der Waals surface area contributed by atoms with Crippen LogP contribution >= 0.6 is 0 Å². The van der Waals surface area contributed by atoms with Crippen LogP contribution in [0.15, 0.2) is 11.6 Å². The van der Waals surface area contributed by atoms with Crippen molar-refractivity contribution < 1.29 is 5.11 Å². The molecule has 0 radical (unpaired) electrons. The molecule has 1 unspecified atom stereocenters. The first-order valence-electron chi connectivity index (χ1n) is 5.01. The molecule has 1 aliphatic rings. The molecule has 1 rings (SSSR count). The van der Waals surface area contributed by atoms with Crippen molar-refractivity contribution in [3.05, 3.63) is 11.6 Å². The zero-order valence-electron chi connectivity index (χ0n) is 8.43. The lowest BCUT2D eigenvalue weighted by molar-refractivity contribution is 0.0228. The number of rotatable bonds is 4. The van der Waals surface area contributed by atoms with Crippen molar-refractivity contribution in [2.75, 3.05) is 0 Å². The van der Waals surface area contributed by atoms with Crippen LogP contribution in [-0.2, 0) is 0 Å². The number of hydrogen-bond acceptors (Lipinski definition) is 1. The van der Waals surface area contributed by atoms with Gasteiger partial charge in [-0.1, -0.05) is 38.8 Å². The van der Waals surface area contributed by atoms with E-state index in [2.05, 4.69) is 26.8 Å². The monoisotopic (exact) mass is 168 g/mol. The minimum absolute atomic E-state index is 0.364. The molecule has 0 aromatic rings. The lowest BCUT2D eigenvalue weighted by Gasteiger charge is -2.38. The molecule has 0 bridgehead atoms. The Bertz CT molecular complexity index is 181. The Morgan fingerprint density at radius 1 is 1.58 bits per heavy atom. The molecule has 1 atom stereocenters. The Balaban J connectivity index is 2.37. The Labute approximate surface area is 75.5 Å². The first-order chi connectivity index (χ1) is 5.58. The summed E-state index contributed by atoms with van der Waals surface area (Å²) in [5, 5.41) is 9.88. The van der Waals surface area contributed by atoms with Gasteiger partial charge in [-0.05, 0) is 18.8 Å². The Hall–Kier alpha value is -0.300. The third-order valence-electron chi connectivity index (χ3n) is 2.82. The fourth-order valence-corrected chi connectivity index (χ4v) is 1.62. The molecule has 0 amide bonds. The quantitative estimate of drug-likeness (QED) is 0.640. The summed E-state index contributed by atoms with van der Waals surface area (Å²) in [5.41, 5.74) is 0.983. The lowest BCUT2D eigenvalue weighted by atomic mass is 9.73. The lowest BCUT2D eigenvalue weighted by Crippen LogP contribution is -2.39. The van der Waals surface area contributed by atoms with Crippen LogP contribution in [-0.4, -0.2) is 10.7 Å². The number of unbranched alkanes of at least 4 members (excludes halogenated alkanes) is 1. The minimum atomic E-state index is -0.469. The number of hydrogen-bond donors (Lipinski definition) is 1. The van der Waals surface area contributed by atoms with Gasteiger partial charge in [0.2, 0.25) is 0 Å². The molecular weight excluding hydrogens is 148 g/mol. The SMILES string of the molecule is CCCCC1=CC(O)(C(C)C)C1. The number of aliphatic hydroxyl groups is 1. The molecule has 1 nitrogen and oxygen atoms in total. The van der Waals surface area contributed by atoms with Crippen LogP contribution < -0.4 is 0 Å². The summed E-state index contributed by atoms with van der Waals surface area (Å²) in [6, 6.07) is 0. The normalized spacial score (nSPS) is 28.6. The van der Waals surface area contributed by atoms with Crippen molar-refractivity contribution in [2.45, 2.75) is 52.1 Å². The molecule has 70 valence electrons. The summed E-state index contributed by atoms with van der Waals surface area (Å²) in [6.45, 7) is 6.36. The van der Waals surface area contributed by atoms with Crippen LogP contribution in [0, 0.1) is 5.92 Å². The molecule has 1 aliphatic carbocycles. The standard InChI is InChI=1S/C11H20O/c1-4-5-6-10-7-11(12,8-10)9(2)3/h7,9,12H,4-6,8H2,1-3H3. The average molecular weight is 168 g/mol. The first kappa shape index (κ1) is 9.79. The van der Waals surface area contributed by atoms with Gasteiger partial charge < -0.3 is 5.11 Å². The van der Waals surface area contributed by atoms with Crippen LogP contribution in [0.4, 0.5) is 0 Å². The fourth-order valence-electron chi connectivity index (χ4n) is 1.62. The van der Waals surface area contributed by atoms with Crippen LogP contribution in [0.2, 0.25) is 0 Å². The third kappa shape index (κ3) is 1.89. The minimum Gasteiger partial charge on any atom is -0.385 e. The van der Waals surface area contributed by atoms with E-state index in [9.17, 15) is 5.11 Å². The molecule has 12 heavy (non-hydrogen) atoms. The van der Waals surface area contributed by atoms with Crippen LogP contribution in [0.3, 0.4) is 0 Å². The van der Waals surface area contributed by atoms with E-state index in [1.165, 1.54) is 24.8 Å². The van der Waals surface area contributed by atoms with Crippen molar-refractivity contribution >= 4 is 0 Å². The van der Waals surface area contributed by atoms with Gasteiger partial charge in [0.15, 0.2) is 0 Å². The second-order valence-electron chi connectivity index (χ2n) is 4.23. The largest absolute Gasteiger partial charge is 0.385 e. The molecule has 0 aromatic heterocycles. The van der Waals surface area contributed by atoms with Crippen molar-refractivity contribution in [1.82, 2.24) is 0 Å². The molecule has 0 aliphatic heterocycles. The van der Waals surface area contributed by atoms with Gasteiger partial charge in [-0.15, -0.1) is 0 Å². The second-order valence-corrected chi connectivity index (χ2v) is 4.23. The van der Waals surface area contributed by atoms with Gasteiger partial charge in [0, 0.05) is 6.42 Å². The maximum atomic E-state index is 9.88. The summed E-state index contributed by atoms with van der Waals surface area (Å²) >= 11 is 0. The zero-order chi connectivity index (χ0) is 9.19. The Morgan fingerprint density at radius 2 is 2.17 bits per heavy atom. The summed E-state index contributed by atoms with van der Waals surface area (Å²) in [7, 11) is 0. The Kier molecular flexibility index (Phi) is 2.94. The fraction of sp³-hybridized carbons (Fsp3) is 0.818. The summed E-state index contributed by atoms with van der Waals surface area (Å²) < 4.78 is 0. The van der Waals surface area contributed by atoms with Crippen molar-refractivity contribution in [3.63, 3.8) is 0 Å². The van der Waals surface area contributed by atoms with Gasteiger partial charge in [-0.2, -0.15) is 0 Å². The highest BCUT2D eigenvalue weighted by Crippen LogP contribution is 2.38. The van der Waals surface area contributed by atoms with E-state index in [1.807, 2.05) is 0 Å². The molecule has 0 spiro atoms. The first-order valence-corrected chi connectivity index (χ1v) is 5.01. The smallest absolute Gasteiger partial charge is 0.0889 e. The highest BCUT2D eigenvalue weighted by atomic mass is 16.3. The molecule has 0 saturated carbocycles. The van der Waals surface area contributed by atoms with Gasteiger partial charge in [0.05, 0.1) is 5.60 Å². The molecule has 1 N–H and O–H groups in total. The Morgan fingerprint density at radius 3 is 2.58 bits per heavy atom. The van der Waals surface area contributed by atoms with E-state index in [4.69, 9.17) is 0 Å². The zero-order valence-corrected chi connectivity index (χ0v) is 8.43. The van der Waals surface area contributed by atoms with Gasteiger partial charge in [0.25, 0.3) is 0 Å². The maximum Gasteiger partial charge on any atom is 0.0889 e. The highest BCUT2D eigenvalue weighted by Gasteiger charge is 2.36. The van der Waals surface area contributed by atoms with Crippen molar-refractivity contribution in [3.8, 4) is 0 Å². The predicted molar refractivity (Wildman–Crippen MR) is 52.0 cm³/mol. The van der Waals surface area contributed by atoms with Gasteiger partial charge in [-0.3, -0.25) is 0 Å². The topological polar surface area (TPSA) is 20.2 Å². The van der Waals surface area contributed by atoms with Crippen LogP contribution in [0.1, 0.15) is 46.5 Å². The van der Waals surface area contributed by atoms with Crippen LogP contribution in [0.25, 0.3) is 0 Å². The highest BCUT2D eigenvalue weighted by molar-refractivity contribution is 5.26. The van der Waals surface area contributed by atoms with E-state index in [0.717, 1.165) is 6.42 Å². The molecule has 0 fully saturated rings. The van der Waals surface area contributed by atoms with E-state index in [-0.39, 0.29) is 0 Å². The second kappa shape index (κ2) is 3.61. The predicted octanol–water partition coefficient (Wildman–Crippen LogP) is 2.89. The summed E-state index contributed by atoms with van der Waals surface area (Å²) in [4.78, 5) is 0. The van der Waals surface area contributed by atoms with E-state index < -0.39 is 5.60 Å². The summed E-state index contributed by atoms with van der Waals surface area (Å²) in [5.74, 6) is 0.364. The third-order valence-corrected chi connectivity index (χ3v) is 2.82. The van der Waals surface area contributed by atoms with E-state index >= 15 is 0 Å². The van der Waals surface area contributed by atoms with Crippen molar-refractivity contribution in [1.29, 1.82) is 0 Å². The molecule has 0 heterocycles. The molecule has 0 aromatic carbocycles. The van der Waals surface area contributed by atoms with E-state index in [0.29, 0.717) is 5.92 Å². The average Bonchev–Trinajstić information content (AvgIpc) is 1.95. The summed E-state index contributed by atoms with van der Waals surface area (Å²) in [6.07, 6.45) is 6.67.